The molecule has 0 aliphatic rings. The maximum Gasteiger partial charge on any atom is 0.246 e. The van der Waals surface area contributed by atoms with Gasteiger partial charge >= 0.3 is 0 Å². The molecule has 3 aromatic carbocycles. The van der Waals surface area contributed by atoms with Crippen molar-refractivity contribution in [2.45, 2.75) is 11.4 Å². The van der Waals surface area contributed by atoms with E-state index in [0.29, 0.717) is 10.6 Å². The van der Waals surface area contributed by atoms with Crippen LogP contribution < -0.4 is 0 Å². The van der Waals surface area contributed by atoms with E-state index in [-0.39, 0.29) is 29.2 Å². The van der Waals surface area contributed by atoms with Gasteiger partial charge in [-0.15, -0.1) is 0 Å². The van der Waals surface area contributed by atoms with Crippen molar-refractivity contribution in [3.8, 4) is 28.4 Å². The predicted molar refractivity (Wildman–Crippen MR) is 122 cm³/mol. The van der Waals surface area contributed by atoms with Crippen molar-refractivity contribution < 1.29 is 23.0 Å². The third kappa shape index (κ3) is 4.43. The summed E-state index contributed by atoms with van der Waals surface area (Å²) in [6, 6.07) is 16.3. The van der Waals surface area contributed by atoms with E-state index in [1.807, 2.05) is 0 Å². The van der Waals surface area contributed by atoms with Crippen LogP contribution in [0.25, 0.3) is 16.9 Å². The molecular formula is C23H19ClFN3O4S. The molecule has 1 aromatic heterocycles. The average molecular weight is 488 g/mol. The number of halogens is 2. The highest BCUT2D eigenvalue weighted by molar-refractivity contribution is 7.89. The van der Waals surface area contributed by atoms with Gasteiger partial charge in [0.25, 0.3) is 0 Å². The summed E-state index contributed by atoms with van der Waals surface area (Å²) >= 11 is 5.99. The lowest BCUT2D eigenvalue weighted by molar-refractivity contribution is 0.430. The van der Waals surface area contributed by atoms with Gasteiger partial charge < -0.3 is 10.2 Å². The van der Waals surface area contributed by atoms with Crippen molar-refractivity contribution in [2.75, 3.05) is 7.05 Å². The zero-order valence-electron chi connectivity index (χ0n) is 17.4. The second kappa shape index (κ2) is 8.86. The second-order valence-electron chi connectivity index (χ2n) is 7.31. The van der Waals surface area contributed by atoms with Gasteiger partial charge in [0.15, 0.2) is 0 Å². The Labute approximate surface area is 195 Å². The van der Waals surface area contributed by atoms with Gasteiger partial charge in [-0.05, 0) is 42.0 Å². The van der Waals surface area contributed by atoms with Gasteiger partial charge in [0.2, 0.25) is 10.0 Å². The zero-order chi connectivity index (χ0) is 23.8. The standard InChI is InChI=1S/C23H19ClFN3O4S/c1-27(14-15-5-4-6-16(24)11-15)33(31,32)23-12-17(21(29)13-22(23)30)19-9-10-26-28(19)20-8-3-2-7-18(20)25/h2-13,29-30H,14H2,1H3. The summed E-state index contributed by atoms with van der Waals surface area (Å²) in [5.41, 5.74) is 1.08. The molecule has 0 aliphatic heterocycles. The number of rotatable bonds is 6. The topological polar surface area (TPSA) is 95.7 Å². The molecule has 4 rings (SSSR count). The van der Waals surface area contributed by atoms with Gasteiger partial charge in [-0.2, -0.15) is 9.40 Å². The molecule has 1 heterocycles. The summed E-state index contributed by atoms with van der Waals surface area (Å²) in [7, 11) is -2.80. The lowest BCUT2D eigenvalue weighted by Gasteiger charge is -2.19. The smallest absolute Gasteiger partial charge is 0.246 e. The van der Waals surface area contributed by atoms with Gasteiger partial charge in [-0.3, -0.25) is 0 Å². The Morgan fingerprint density at radius 2 is 1.79 bits per heavy atom. The lowest BCUT2D eigenvalue weighted by Crippen LogP contribution is -2.26. The largest absolute Gasteiger partial charge is 0.507 e. The van der Waals surface area contributed by atoms with Crippen molar-refractivity contribution in [3.63, 3.8) is 0 Å². The number of nitrogens with zero attached hydrogens (tertiary/aromatic N) is 3. The van der Waals surface area contributed by atoms with Gasteiger partial charge in [-0.1, -0.05) is 35.9 Å². The van der Waals surface area contributed by atoms with E-state index in [0.717, 1.165) is 16.4 Å². The maximum atomic E-state index is 14.3. The van der Waals surface area contributed by atoms with E-state index in [9.17, 15) is 23.0 Å². The summed E-state index contributed by atoms with van der Waals surface area (Å²) in [6.45, 7) is 0.00566. The van der Waals surface area contributed by atoms with Crippen LogP contribution in [0.3, 0.4) is 0 Å². The van der Waals surface area contributed by atoms with Crippen LogP contribution in [-0.2, 0) is 16.6 Å². The van der Waals surface area contributed by atoms with E-state index in [4.69, 9.17) is 11.6 Å². The molecule has 0 radical (unpaired) electrons. The average Bonchev–Trinajstić information content (AvgIpc) is 3.23. The van der Waals surface area contributed by atoms with Crippen LogP contribution in [0.4, 0.5) is 4.39 Å². The second-order valence-corrected chi connectivity index (χ2v) is 9.76. The number of benzene rings is 3. The molecule has 10 heteroatoms. The minimum atomic E-state index is -4.17. The van der Waals surface area contributed by atoms with Gasteiger partial charge in [-0.25, -0.2) is 17.5 Å². The predicted octanol–water partition coefficient (Wildman–Crippen LogP) is 4.56. The number of phenolic OH excluding ortho intramolecular Hbond substituents is 2. The van der Waals surface area contributed by atoms with Crippen LogP contribution in [-0.4, -0.2) is 39.8 Å². The SMILES string of the molecule is CN(Cc1cccc(Cl)c1)S(=O)(=O)c1cc(-c2ccnn2-c2ccccc2F)c(O)cc1O. The number of para-hydroxylation sites is 1. The molecule has 0 aliphatic carbocycles. The molecule has 170 valence electrons. The number of hydrogen-bond donors (Lipinski definition) is 2. The minimum Gasteiger partial charge on any atom is -0.507 e. The molecule has 0 unspecified atom stereocenters. The molecule has 0 saturated heterocycles. The normalized spacial score (nSPS) is 11.8. The summed E-state index contributed by atoms with van der Waals surface area (Å²) < 4.78 is 43.2. The van der Waals surface area contributed by atoms with E-state index >= 15 is 0 Å². The number of phenols is 2. The van der Waals surface area contributed by atoms with Crippen molar-refractivity contribution in [2.24, 2.45) is 0 Å². The van der Waals surface area contributed by atoms with Crippen molar-refractivity contribution in [1.29, 1.82) is 0 Å². The van der Waals surface area contributed by atoms with E-state index < -0.39 is 26.5 Å². The Morgan fingerprint density at radius 1 is 1.03 bits per heavy atom. The number of aromatic nitrogens is 2. The molecule has 33 heavy (non-hydrogen) atoms. The molecule has 0 atom stereocenters. The van der Waals surface area contributed by atoms with Crippen LogP contribution in [0, 0.1) is 5.82 Å². The fourth-order valence-corrected chi connectivity index (χ4v) is 4.89. The van der Waals surface area contributed by atoms with Crippen LogP contribution in [0.5, 0.6) is 11.5 Å². The summed E-state index contributed by atoms with van der Waals surface area (Å²) in [5, 5.41) is 25.4. The Balaban J connectivity index is 1.78. The first-order chi connectivity index (χ1) is 15.7. The molecule has 2 N–H and O–H groups in total. The van der Waals surface area contributed by atoms with Crippen LogP contribution in [0.2, 0.25) is 5.02 Å². The summed E-state index contributed by atoms with van der Waals surface area (Å²) in [6.07, 6.45) is 1.40. The Morgan fingerprint density at radius 3 is 2.52 bits per heavy atom. The number of hydrogen-bond acceptors (Lipinski definition) is 5. The molecule has 0 bridgehead atoms. The molecule has 0 amide bonds. The quantitative estimate of drug-likeness (QED) is 0.415. The van der Waals surface area contributed by atoms with Crippen LogP contribution in [0.1, 0.15) is 5.56 Å². The molecule has 7 nitrogen and oxygen atoms in total. The van der Waals surface area contributed by atoms with Gasteiger partial charge in [0.1, 0.15) is 27.9 Å². The van der Waals surface area contributed by atoms with Crippen LogP contribution in [0.15, 0.2) is 77.8 Å². The van der Waals surface area contributed by atoms with Crippen LogP contribution >= 0.6 is 11.6 Å². The third-order valence-electron chi connectivity index (χ3n) is 5.06. The number of sulfonamides is 1. The zero-order valence-corrected chi connectivity index (χ0v) is 18.9. The Bertz CT molecular complexity index is 1440. The molecule has 0 fully saturated rings. The Kier molecular flexibility index (Phi) is 6.11. The first-order valence-electron chi connectivity index (χ1n) is 9.74. The lowest BCUT2D eigenvalue weighted by atomic mass is 10.1. The highest BCUT2D eigenvalue weighted by atomic mass is 35.5. The Hall–Kier alpha value is -3.40. The van der Waals surface area contributed by atoms with Gasteiger partial charge in [0, 0.05) is 30.2 Å². The number of aromatic hydroxyl groups is 2. The van der Waals surface area contributed by atoms with E-state index in [1.54, 1.807) is 30.3 Å². The summed E-state index contributed by atoms with van der Waals surface area (Å²) in [4.78, 5) is -0.416. The third-order valence-corrected chi connectivity index (χ3v) is 7.13. The van der Waals surface area contributed by atoms with E-state index in [2.05, 4.69) is 5.10 Å². The van der Waals surface area contributed by atoms with Crippen molar-refractivity contribution in [3.05, 3.63) is 89.3 Å². The van der Waals surface area contributed by atoms with E-state index in [1.165, 1.54) is 42.2 Å². The molecule has 4 aromatic rings. The van der Waals surface area contributed by atoms with Crippen molar-refractivity contribution >= 4 is 21.6 Å². The first-order valence-corrected chi connectivity index (χ1v) is 11.6. The van der Waals surface area contributed by atoms with Gasteiger partial charge in [0.05, 0.1) is 11.9 Å². The highest BCUT2D eigenvalue weighted by Gasteiger charge is 2.27. The fourth-order valence-electron chi connectivity index (χ4n) is 3.44. The van der Waals surface area contributed by atoms with Crippen molar-refractivity contribution in [1.82, 2.24) is 14.1 Å². The minimum absolute atomic E-state index is 0.00566. The monoisotopic (exact) mass is 487 g/mol. The molecule has 0 spiro atoms. The molecular weight excluding hydrogens is 469 g/mol. The summed E-state index contributed by atoms with van der Waals surface area (Å²) in [5.74, 6) is -1.55. The first kappa shape index (κ1) is 22.8. The molecule has 0 saturated carbocycles. The fraction of sp³-hybridized carbons (Fsp3) is 0.0870. The maximum absolute atomic E-state index is 14.3. The highest BCUT2D eigenvalue weighted by Crippen LogP contribution is 2.38.